The van der Waals surface area contributed by atoms with Crippen LogP contribution in [0.2, 0.25) is 0 Å². The van der Waals surface area contributed by atoms with Crippen molar-refractivity contribution in [3.05, 3.63) is 0 Å². The average molecular weight is 227 g/mol. The molecule has 1 N–H and O–H groups in total. The van der Waals surface area contributed by atoms with Crippen molar-refractivity contribution in [2.75, 3.05) is 13.1 Å². The topological polar surface area (TPSA) is 40.5 Å². The van der Waals surface area contributed by atoms with Crippen molar-refractivity contribution < 1.29 is 9.90 Å². The van der Waals surface area contributed by atoms with Crippen LogP contribution in [0.1, 0.15) is 46.5 Å². The van der Waals surface area contributed by atoms with E-state index >= 15 is 0 Å². The van der Waals surface area contributed by atoms with Gasteiger partial charge in [-0.25, -0.2) is 0 Å². The highest BCUT2D eigenvalue weighted by Crippen LogP contribution is 2.27. The number of likely N-dealkylation sites (tertiary alicyclic amines) is 1. The highest BCUT2D eigenvalue weighted by molar-refractivity contribution is 5.80. The van der Waals surface area contributed by atoms with Crippen molar-refractivity contribution in [2.45, 2.75) is 52.6 Å². The molecule has 1 rings (SSSR count). The van der Waals surface area contributed by atoms with Crippen molar-refractivity contribution in [1.29, 1.82) is 0 Å². The van der Waals surface area contributed by atoms with Crippen LogP contribution in [0.3, 0.4) is 0 Å². The summed E-state index contributed by atoms with van der Waals surface area (Å²) in [6, 6.07) is 0. The smallest absolute Gasteiger partial charge is 0.251 e. The summed E-state index contributed by atoms with van der Waals surface area (Å²) in [5.74, 6) is 1.44. The second kappa shape index (κ2) is 6.24. The van der Waals surface area contributed by atoms with Crippen molar-refractivity contribution in [3.8, 4) is 0 Å². The lowest BCUT2D eigenvalue weighted by atomic mass is 9.84. The van der Waals surface area contributed by atoms with Gasteiger partial charge < -0.3 is 10.0 Å². The molecule has 3 nitrogen and oxygen atoms in total. The number of carbonyl (C=O) groups excluding carboxylic acids is 1. The van der Waals surface area contributed by atoms with Crippen LogP contribution in [0.4, 0.5) is 0 Å². The molecule has 0 aromatic rings. The van der Waals surface area contributed by atoms with Gasteiger partial charge >= 0.3 is 0 Å². The van der Waals surface area contributed by atoms with Crippen LogP contribution in [0.25, 0.3) is 0 Å². The minimum atomic E-state index is -0.792. The highest BCUT2D eigenvalue weighted by Gasteiger charge is 2.27. The molecule has 1 heterocycles. The number of aliphatic hydroxyl groups excluding tert-OH is 1. The Labute approximate surface area is 98.8 Å². The van der Waals surface area contributed by atoms with E-state index in [2.05, 4.69) is 13.8 Å². The van der Waals surface area contributed by atoms with Crippen molar-refractivity contribution in [1.82, 2.24) is 4.90 Å². The molecule has 1 fully saturated rings. The molecule has 0 spiro atoms. The Morgan fingerprint density at radius 2 is 1.88 bits per heavy atom. The van der Waals surface area contributed by atoms with Crippen LogP contribution in [0.5, 0.6) is 0 Å². The van der Waals surface area contributed by atoms with Gasteiger partial charge in [0, 0.05) is 13.1 Å². The third kappa shape index (κ3) is 3.21. The molecule has 1 aliphatic rings. The Balaban J connectivity index is 2.40. The third-order valence-electron chi connectivity index (χ3n) is 3.97. The van der Waals surface area contributed by atoms with Crippen LogP contribution >= 0.6 is 0 Å². The summed E-state index contributed by atoms with van der Waals surface area (Å²) < 4.78 is 0. The van der Waals surface area contributed by atoms with Crippen LogP contribution in [0.15, 0.2) is 0 Å². The van der Waals surface area contributed by atoms with E-state index in [9.17, 15) is 9.90 Å². The van der Waals surface area contributed by atoms with Gasteiger partial charge in [-0.1, -0.05) is 27.2 Å². The fourth-order valence-electron chi connectivity index (χ4n) is 2.41. The second-order valence-corrected chi connectivity index (χ2v) is 4.97. The first-order chi connectivity index (χ1) is 7.60. The lowest BCUT2D eigenvalue weighted by Crippen LogP contribution is -2.44. The zero-order chi connectivity index (χ0) is 12.1. The molecular formula is C13H25NO2. The number of amides is 1. The maximum Gasteiger partial charge on any atom is 0.251 e. The number of nitrogens with zero attached hydrogens (tertiary/aromatic N) is 1. The predicted molar refractivity (Wildman–Crippen MR) is 65.1 cm³/mol. The first-order valence-electron chi connectivity index (χ1n) is 6.56. The number of aliphatic hydroxyl groups is 1. The first-order valence-corrected chi connectivity index (χ1v) is 6.56. The molecule has 1 amide bonds. The van der Waals surface area contributed by atoms with Gasteiger partial charge in [0.2, 0.25) is 0 Å². The summed E-state index contributed by atoms with van der Waals surface area (Å²) in [5, 5.41) is 9.51. The minimum absolute atomic E-state index is 0.0786. The van der Waals surface area contributed by atoms with Crippen LogP contribution in [0, 0.1) is 11.8 Å². The predicted octanol–water partition coefficient (Wildman–Crippen LogP) is 2.04. The molecule has 0 bridgehead atoms. The number of piperidine rings is 1. The summed E-state index contributed by atoms with van der Waals surface area (Å²) >= 11 is 0. The molecular weight excluding hydrogens is 202 g/mol. The molecule has 0 aliphatic carbocycles. The van der Waals surface area contributed by atoms with Crippen molar-refractivity contribution >= 4 is 5.91 Å². The number of hydrogen-bond acceptors (Lipinski definition) is 2. The molecule has 0 aromatic heterocycles. The van der Waals surface area contributed by atoms with E-state index in [-0.39, 0.29) is 5.91 Å². The second-order valence-electron chi connectivity index (χ2n) is 4.97. The molecule has 3 heteroatoms. The van der Waals surface area contributed by atoms with Crippen LogP contribution in [-0.2, 0) is 4.79 Å². The van der Waals surface area contributed by atoms with E-state index in [0.717, 1.165) is 37.8 Å². The third-order valence-corrected chi connectivity index (χ3v) is 3.97. The van der Waals surface area contributed by atoms with Gasteiger partial charge in [0.05, 0.1) is 0 Å². The van der Waals surface area contributed by atoms with E-state index < -0.39 is 6.10 Å². The van der Waals surface area contributed by atoms with Gasteiger partial charge in [-0.05, 0) is 31.1 Å². The maximum atomic E-state index is 11.8. The molecule has 2 atom stereocenters. The standard InChI is InChI=1S/C13H25NO2/c1-4-10(3)11-6-8-14(9-7-11)13(16)12(15)5-2/h10-12,15H,4-9H2,1-3H3/t10-,12?/m0/s1. The van der Waals surface area contributed by atoms with Crippen LogP contribution in [-0.4, -0.2) is 35.1 Å². The average Bonchev–Trinajstić information content (AvgIpc) is 2.36. The van der Waals surface area contributed by atoms with Crippen molar-refractivity contribution in [2.24, 2.45) is 11.8 Å². The Kier molecular flexibility index (Phi) is 5.26. The fourth-order valence-corrected chi connectivity index (χ4v) is 2.41. The van der Waals surface area contributed by atoms with E-state index in [0.29, 0.717) is 6.42 Å². The lowest BCUT2D eigenvalue weighted by molar-refractivity contribution is -0.141. The maximum absolute atomic E-state index is 11.8. The highest BCUT2D eigenvalue weighted by atomic mass is 16.3. The summed E-state index contributed by atoms with van der Waals surface area (Å²) in [6.45, 7) is 8.01. The molecule has 94 valence electrons. The van der Waals surface area contributed by atoms with E-state index in [4.69, 9.17) is 0 Å². The Morgan fingerprint density at radius 1 is 1.31 bits per heavy atom. The summed E-state index contributed by atoms with van der Waals surface area (Å²) in [7, 11) is 0. The van der Waals surface area contributed by atoms with E-state index in [1.807, 2.05) is 11.8 Å². The molecule has 0 saturated carbocycles. The monoisotopic (exact) mass is 227 g/mol. The fraction of sp³-hybridized carbons (Fsp3) is 0.923. The normalized spacial score (nSPS) is 21.9. The molecule has 1 saturated heterocycles. The molecule has 1 unspecified atom stereocenters. The Bertz CT molecular complexity index is 222. The quantitative estimate of drug-likeness (QED) is 0.798. The number of rotatable bonds is 4. The van der Waals surface area contributed by atoms with E-state index in [1.165, 1.54) is 6.42 Å². The van der Waals surface area contributed by atoms with Gasteiger partial charge in [-0.2, -0.15) is 0 Å². The minimum Gasteiger partial charge on any atom is -0.383 e. The zero-order valence-corrected chi connectivity index (χ0v) is 10.8. The Hall–Kier alpha value is -0.570. The summed E-state index contributed by atoms with van der Waals surface area (Å²) in [5.41, 5.74) is 0. The molecule has 0 aromatic carbocycles. The van der Waals surface area contributed by atoms with E-state index in [1.54, 1.807) is 0 Å². The van der Waals surface area contributed by atoms with Crippen LogP contribution < -0.4 is 0 Å². The van der Waals surface area contributed by atoms with Gasteiger partial charge in [0.15, 0.2) is 0 Å². The summed E-state index contributed by atoms with van der Waals surface area (Å²) in [6.07, 6.45) is 3.13. The molecule has 0 radical (unpaired) electrons. The zero-order valence-electron chi connectivity index (χ0n) is 10.8. The largest absolute Gasteiger partial charge is 0.383 e. The molecule has 1 aliphatic heterocycles. The lowest BCUT2D eigenvalue weighted by Gasteiger charge is -2.35. The SMILES string of the molecule is CCC(O)C(=O)N1CCC([C@@H](C)CC)CC1. The molecule has 16 heavy (non-hydrogen) atoms. The number of hydrogen-bond donors (Lipinski definition) is 1. The van der Waals surface area contributed by atoms with Crippen molar-refractivity contribution in [3.63, 3.8) is 0 Å². The summed E-state index contributed by atoms with van der Waals surface area (Å²) in [4.78, 5) is 13.6. The van der Waals surface area contributed by atoms with Gasteiger partial charge in [-0.15, -0.1) is 0 Å². The van der Waals surface area contributed by atoms with Gasteiger partial charge in [0.25, 0.3) is 5.91 Å². The van der Waals surface area contributed by atoms with Gasteiger partial charge in [0.1, 0.15) is 6.10 Å². The Morgan fingerprint density at radius 3 is 2.31 bits per heavy atom. The first kappa shape index (κ1) is 13.5. The van der Waals surface area contributed by atoms with Gasteiger partial charge in [-0.3, -0.25) is 4.79 Å². The number of carbonyl (C=O) groups is 1.